The van der Waals surface area contributed by atoms with Crippen LogP contribution in [0.1, 0.15) is 5.76 Å². The molecule has 0 aliphatic carbocycles. The van der Waals surface area contributed by atoms with E-state index < -0.39 is 16.0 Å². The number of hydrogen-bond acceptors (Lipinski definition) is 5. The van der Waals surface area contributed by atoms with E-state index >= 15 is 0 Å². The molecule has 0 amide bonds. The van der Waals surface area contributed by atoms with Gasteiger partial charge in [0.1, 0.15) is 0 Å². The van der Waals surface area contributed by atoms with Gasteiger partial charge in [0, 0.05) is 0 Å². The second-order valence-electron chi connectivity index (χ2n) is 2.40. The summed E-state index contributed by atoms with van der Waals surface area (Å²) >= 11 is 15.6. The molecule has 0 N–H and O–H groups in total. The third-order valence-corrected chi connectivity index (χ3v) is 1.88. The van der Waals surface area contributed by atoms with E-state index in [0.717, 1.165) is 0 Å². The zero-order chi connectivity index (χ0) is 12.1. The van der Waals surface area contributed by atoms with Crippen molar-refractivity contribution in [1.82, 2.24) is 0 Å². The van der Waals surface area contributed by atoms with Gasteiger partial charge in [0.2, 0.25) is 10.5 Å². The quantitative estimate of drug-likeness (QED) is 0.279. The van der Waals surface area contributed by atoms with Crippen LogP contribution in [0.3, 0.4) is 0 Å². The fourth-order valence-electron chi connectivity index (χ4n) is 0.722. The van der Waals surface area contributed by atoms with Gasteiger partial charge < -0.3 is 9.25 Å². The van der Waals surface area contributed by atoms with Crippen LogP contribution in [-0.2, 0) is 14.4 Å². The molecule has 0 aromatic carbocycles. The first-order valence-electron chi connectivity index (χ1n) is 3.83. The monoisotopic (exact) mass is 283 g/mol. The molecule has 0 fully saturated rings. The lowest BCUT2D eigenvalue weighted by Gasteiger charge is -1.99. The van der Waals surface area contributed by atoms with E-state index in [4.69, 9.17) is 39.2 Å². The Morgan fingerprint density at radius 3 is 2.56 bits per heavy atom. The van der Waals surface area contributed by atoms with Crippen molar-refractivity contribution in [2.75, 3.05) is 0 Å². The fraction of sp³-hybridized carbons (Fsp3) is 0.125. The van der Waals surface area contributed by atoms with E-state index in [1.165, 1.54) is 18.4 Å². The Balaban J connectivity index is 2.84. The molecule has 1 aromatic rings. The highest BCUT2D eigenvalue weighted by molar-refractivity contribution is 6.83. The Bertz CT molecular complexity index is 413. The third kappa shape index (κ3) is 3.52. The van der Waals surface area contributed by atoms with Crippen LogP contribution < -0.4 is 0 Å². The molecule has 86 valence electrons. The van der Waals surface area contributed by atoms with Gasteiger partial charge >= 0.3 is 5.97 Å². The topological polar surface area (TPSA) is 68.9 Å². The van der Waals surface area contributed by atoms with Crippen LogP contribution in [0.25, 0.3) is 0 Å². The van der Waals surface area contributed by atoms with Crippen LogP contribution in [0.15, 0.2) is 28.0 Å². The lowest BCUT2D eigenvalue weighted by Crippen LogP contribution is -2.14. The molecule has 0 saturated carbocycles. The van der Waals surface area contributed by atoms with Gasteiger partial charge in [-0.05, 0) is 23.7 Å². The van der Waals surface area contributed by atoms with Gasteiger partial charge in [0.05, 0.1) is 6.26 Å². The van der Waals surface area contributed by atoms with Crippen molar-refractivity contribution in [2.45, 2.75) is 4.84 Å². The minimum atomic E-state index is -1.40. The first kappa shape index (κ1) is 13.0. The zero-order valence-corrected chi connectivity index (χ0v) is 9.79. The van der Waals surface area contributed by atoms with Crippen LogP contribution >= 0.6 is 34.8 Å². The Morgan fingerprint density at radius 2 is 2.12 bits per heavy atom. The molecule has 0 spiro atoms. The van der Waals surface area contributed by atoms with E-state index in [2.05, 4.69) is 9.99 Å². The van der Waals surface area contributed by atoms with Crippen LogP contribution in [0.4, 0.5) is 0 Å². The highest BCUT2D eigenvalue weighted by Gasteiger charge is 2.18. The predicted molar refractivity (Wildman–Crippen MR) is 57.7 cm³/mol. The van der Waals surface area contributed by atoms with E-state index in [9.17, 15) is 9.59 Å². The number of halogens is 3. The van der Waals surface area contributed by atoms with E-state index in [1.807, 2.05) is 0 Å². The maximum Gasteiger partial charge on any atom is 0.367 e. The minimum absolute atomic E-state index is 0.0634. The van der Waals surface area contributed by atoms with E-state index in [1.54, 1.807) is 0 Å². The molecule has 16 heavy (non-hydrogen) atoms. The summed E-state index contributed by atoms with van der Waals surface area (Å²) in [7, 11) is 0. The Hall–Kier alpha value is -1.04. The second kappa shape index (κ2) is 5.89. The summed E-state index contributed by atoms with van der Waals surface area (Å²) in [5.41, 5.74) is -0.353. The number of carbonyl (C=O) groups is 2. The number of furan rings is 1. The summed E-state index contributed by atoms with van der Waals surface area (Å²) in [5, 5.41) is 2.27. The van der Waals surface area contributed by atoms with Gasteiger partial charge in [-0.2, -0.15) is 0 Å². The summed E-state index contributed by atoms with van der Waals surface area (Å²) in [5.74, 6) is -0.959. The summed E-state index contributed by atoms with van der Waals surface area (Å²) in [4.78, 5) is 24.7. The summed E-state index contributed by atoms with van der Waals surface area (Å²) in [6.07, 6.45) is 1.30. The number of nitrogens with zero attached hydrogens (tertiary/aromatic N) is 1. The largest absolute Gasteiger partial charge is 0.462 e. The van der Waals surface area contributed by atoms with Crippen LogP contribution in [0.5, 0.6) is 0 Å². The van der Waals surface area contributed by atoms with Gasteiger partial charge in [-0.25, -0.2) is 4.79 Å². The molecule has 1 aromatic heterocycles. The molecule has 0 radical (unpaired) electrons. The number of rotatable bonds is 4. The standard InChI is InChI=1S/C8H4Cl3NO4/c9-6(10)8(14)16-12-5(7(11)13)4-2-1-3-15-4/h1-3,6H. The van der Waals surface area contributed by atoms with Crippen LogP contribution in [0, 0.1) is 0 Å². The van der Waals surface area contributed by atoms with Gasteiger partial charge in [-0.15, -0.1) is 0 Å². The Labute approximate surface area is 105 Å². The molecule has 0 aliphatic heterocycles. The number of oxime groups is 1. The SMILES string of the molecule is O=C(Cl)C(=NOC(=O)C(Cl)Cl)c1ccco1. The first-order valence-corrected chi connectivity index (χ1v) is 5.08. The molecule has 8 heteroatoms. The molecule has 0 atom stereocenters. The van der Waals surface area contributed by atoms with E-state index in [0.29, 0.717) is 0 Å². The summed E-state index contributed by atoms with van der Waals surface area (Å²) in [6, 6.07) is 2.93. The first-order chi connectivity index (χ1) is 7.52. The fourth-order valence-corrected chi connectivity index (χ4v) is 0.929. The highest BCUT2D eigenvalue weighted by atomic mass is 35.5. The average molecular weight is 284 g/mol. The lowest BCUT2D eigenvalue weighted by atomic mass is 10.3. The smallest absolute Gasteiger partial charge is 0.367 e. The average Bonchev–Trinajstić information content (AvgIpc) is 2.70. The predicted octanol–water partition coefficient (Wildman–Crippen LogP) is 2.10. The third-order valence-electron chi connectivity index (χ3n) is 1.35. The normalized spacial score (nSPS) is 11.6. The maximum atomic E-state index is 10.9. The summed E-state index contributed by atoms with van der Waals surface area (Å²) < 4.78 is 4.86. The molecular weight excluding hydrogens is 280 g/mol. The molecule has 0 aliphatic rings. The molecule has 0 bridgehead atoms. The lowest BCUT2D eigenvalue weighted by molar-refractivity contribution is -0.141. The molecule has 1 rings (SSSR count). The number of hydrogen-bond donors (Lipinski definition) is 0. The molecule has 0 unspecified atom stereocenters. The van der Waals surface area contributed by atoms with Crippen molar-refractivity contribution in [3.8, 4) is 0 Å². The highest BCUT2D eigenvalue weighted by Crippen LogP contribution is 2.08. The Morgan fingerprint density at radius 1 is 1.44 bits per heavy atom. The van der Waals surface area contributed by atoms with Crippen LogP contribution in [-0.4, -0.2) is 21.8 Å². The van der Waals surface area contributed by atoms with Crippen molar-refractivity contribution in [1.29, 1.82) is 0 Å². The molecule has 1 heterocycles. The summed E-state index contributed by atoms with van der Waals surface area (Å²) in [6.45, 7) is 0. The van der Waals surface area contributed by atoms with Crippen molar-refractivity contribution < 1.29 is 18.8 Å². The van der Waals surface area contributed by atoms with Gasteiger partial charge in [-0.3, -0.25) is 4.79 Å². The van der Waals surface area contributed by atoms with Gasteiger partial charge in [0.25, 0.3) is 5.24 Å². The number of alkyl halides is 2. The van der Waals surface area contributed by atoms with E-state index in [-0.39, 0.29) is 11.5 Å². The van der Waals surface area contributed by atoms with Crippen LogP contribution in [0.2, 0.25) is 0 Å². The Kier molecular flexibility index (Phi) is 4.79. The van der Waals surface area contributed by atoms with Crippen molar-refractivity contribution >= 4 is 51.7 Å². The van der Waals surface area contributed by atoms with Crippen molar-refractivity contribution in [3.05, 3.63) is 24.2 Å². The molecule has 5 nitrogen and oxygen atoms in total. The van der Waals surface area contributed by atoms with Gasteiger partial charge in [-0.1, -0.05) is 28.4 Å². The molecule has 0 saturated heterocycles. The van der Waals surface area contributed by atoms with Crippen molar-refractivity contribution in [2.24, 2.45) is 5.16 Å². The molecular formula is C8H4Cl3NO4. The zero-order valence-electron chi connectivity index (χ0n) is 7.52. The minimum Gasteiger partial charge on any atom is -0.462 e. The van der Waals surface area contributed by atoms with Crippen molar-refractivity contribution in [3.63, 3.8) is 0 Å². The van der Waals surface area contributed by atoms with Gasteiger partial charge in [0.15, 0.2) is 5.76 Å². The second-order valence-corrected chi connectivity index (χ2v) is 3.84. The number of carbonyl (C=O) groups excluding carboxylic acids is 2. The maximum absolute atomic E-state index is 10.9.